The van der Waals surface area contributed by atoms with Crippen LogP contribution in [0.1, 0.15) is 13.3 Å². The first-order chi connectivity index (χ1) is 10.3. The fourth-order valence-electron chi connectivity index (χ4n) is 1.94. The van der Waals surface area contributed by atoms with E-state index in [0.717, 1.165) is 17.3 Å². The monoisotopic (exact) mass is 281 g/mol. The molecule has 3 aromatic rings. The lowest BCUT2D eigenvalue weighted by molar-refractivity contribution is 0.292. The van der Waals surface area contributed by atoms with E-state index in [-0.39, 0.29) is 12.0 Å². The zero-order valence-corrected chi connectivity index (χ0v) is 11.7. The van der Waals surface area contributed by atoms with Crippen molar-refractivity contribution in [2.45, 2.75) is 13.3 Å². The Balaban J connectivity index is 2.02. The van der Waals surface area contributed by atoms with Gasteiger partial charge < -0.3 is 10.5 Å². The van der Waals surface area contributed by atoms with Crippen LogP contribution in [0.2, 0.25) is 0 Å². The standard InChI is InChI=1S/C15H15N5O/c1-2-9-21-15-19-13(18-14(16)20-15)12-8-7-10-5-3-4-6-11(10)17-12/h3-8H,2,9H2,1H3,(H2,16,18,19,20). The molecule has 2 aromatic heterocycles. The van der Waals surface area contributed by atoms with Gasteiger partial charge in [0.1, 0.15) is 5.69 Å². The molecule has 0 aliphatic heterocycles. The van der Waals surface area contributed by atoms with Gasteiger partial charge in [-0.25, -0.2) is 4.98 Å². The lowest BCUT2D eigenvalue weighted by Crippen LogP contribution is -2.06. The largest absolute Gasteiger partial charge is 0.463 e. The van der Waals surface area contributed by atoms with Gasteiger partial charge in [0.25, 0.3) is 0 Å². The Morgan fingerprint density at radius 2 is 1.86 bits per heavy atom. The van der Waals surface area contributed by atoms with E-state index in [9.17, 15) is 0 Å². The Kier molecular flexibility index (Phi) is 3.59. The topological polar surface area (TPSA) is 86.8 Å². The highest BCUT2D eigenvalue weighted by molar-refractivity contribution is 5.80. The second-order valence-corrected chi connectivity index (χ2v) is 4.54. The molecule has 0 atom stereocenters. The van der Waals surface area contributed by atoms with Gasteiger partial charge in [-0.15, -0.1) is 0 Å². The number of para-hydroxylation sites is 1. The van der Waals surface area contributed by atoms with E-state index >= 15 is 0 Å². The van der Waals surface area contributed by atoms with Crippen LogP contribution < -0.4 is 10.5 Å². The lowest BCUT2D eigenvalue weighted by Gasteiger charge is -2.06. The lowest BCUT2D eigenvalue weighted by atomic mass is 10.2. The number of aromatic nitrogens is 4. The number of rotatable bonds is 4. The van der Waals surface area contributed by atoms with Gasteiger partial charge in [-0.05, 0) is 18.6 Å². The summed E-state index contributed by atoms with van der Waals surface area (Å²) in [4.78, 5) is 16.9. The van der Waals surface area contributed by atoms with Gasteiger partial charge in [0, 0.05) is 5.39 Å². The quantitative estimate of drug-likeness (QED) is 0.790. The van der Waals surface area contributed by atoms with Gasteiger partial charge in [0.15, 0.2) is 5.82 Å². The summed E-state index contributed by atoms with van der Waals surface area (Å²) in [5, 5.41) is 1.06. The third-order valence-electron chi connectivity index (χ3n) is 2.89. The van der Waals surface area contributed by atoms with Crippen molar-refractivity contribution in [2.75, 3.05) is 12.3 Å². The van der Waals surface area contributed by atoms with E-state index in [1.807, 2.05) is 43.3 Å². The van der Waals surface area contributed by atoms with E-state index in [2.05, 4.69) is 19.9 Å². The highest BCUT2D eigenvalue weighted by Gasteiger charge is 2.09. The van der Waals surface area contributed by atoms with Gasteiger partial charge in [0.2, 0.25) is 5.95 Å². The van der Waals surface area contributed by atoms with Crippen molar-refractivity contribution in [1.29, 1.82) is 0 Å². The van der Waals surface area contributed by atoms with Crippen LogP contribution in [0.15, 0.2) is 36.4 Å². The highest BCUT2D eigenvalue weighted by atomic mass is 16.5. The number of nitrogens with two attached hydrogens (primary N) is 1. The molecule has 0 bridgehead atoms. The van der Waals surface area contributed by atoms with E-state index in [1.165, 1.54) is 0 Å². The number of hydrogen-bond acceptors (Lipinski definition) is 6. The molecule has 0 unspecified atom stereocenters. The third kappa shape index (κ3) is 2.89. The molecule has 21 heavy (non-hydrogen) atoms. The molecule has 3 rings (SSSR count). The van der Waals surface area contributed by atoms with Crippen molar-refractivity contribution in [1.82, 2.24) is 19.9 Å². The number of nitrogens with zero attached hydrogens (tertiary/aromatic N) is 4. The van der Waals surface area contributed by atoms with Gasteiger partial charge in [-0.1, -0.05) is 31.2 Å². The van der Waals surface area contributed by atoms with E-state index in [0.29, 0.717) is 18.1 Å². The first-order valence-corrected chi connectivity index (χ1v) is 6.77. The minimum atomic E-state index is 0.126. The molecule has 0 aliphatic rings. The fraction of sp³-hybridized carbons (Fsp3) is 0.200. The number of pyridine rings is 1. The minimum Gasteiger partial charge on any atom is -0.463 e. The molecule has 0 saturated heterocycles. The number of ether oxygens (including phenoxy) is 1. The zero-order valence-electron chi connectivity index (χ0n) is 11.7. The number of anilines is 1. The maximum absolute atomic E-state index is 5.71. The Morgan fingerprint density at radius 3 is 2.71 bits per heavy atom. The molecule has 0 saturated carbocycles. The van der Waals surface area contributed by atoms with Gasteiger partial charge in [0.05, 0.1) is 12.1 Å². The van der Waals surface area contributed by atoms with Crippen molar-refractivity contribution in [3.63, 3.8) is 0 Å². The molecule has 6 heteroatoms. The molecule has 0 fully saturated rings. The van der Waals surface area contributed by atoms with E-state index in [4.69, 9.17) is 10.5 Å². The Hall–Kier alpha value is -2.76. The zero-order chi connectivity index (χ0) is 14.7. The van der Waals surface area contributed by atoms with Crippen LogP contribution in [0.3, 0.4) is 0 Å². The van der Waals surface area contributed by atoms with Crippen LogP contribution in [-0.2, 0) is 0 Å². The summed E-state index contributed by atoms with van der Waals surface area (Å²) in [7, 11) is 0. The van der Waals surface area contributed by atoms with Crippen LogP contribution in [-0.4, -0.2) is 26.5 Å². The molecule has 106 valence electrons. The summed E-state index contributed by atoms with van der Waals surface area (Å²) >= 11 is 0. The Bertz CT molecular complexity index is 775. The second kappa shape index (κ2) is 5.70. The van der Waals surface area contributed by atoms with Crippen molar-refractivity contribution in [3.05, 3.63) is 36.4 Å². The van der Waals surface area contributed by atoms with Crippen molar-refractivity contribution < 1.29 is 4.74 Å². The minimum absolute atomic E-state index is 0.126. The normalized spacial score (nSPS) is 10.7. The molecule has 1 aromatic carbocycles. The summed E-state index contributed by atoms with van der Waals surface area (Å²) in [5.74, 6) is 0.542. The highest BCUT2D eigenvalue weighted by Crippen LogP contribution is 2.19. The predicted molar refractivity (Wildman–Crippen MR) is 80.8 cm³/mol. The fourth-order valence-corrected chi connectivity index (χ4v) is 1.94. The molecular formula is C15H15N5O. The number of nitrogen functional groups attached to an aromatic ring is 1. The molecule has 2 heterocycles. The third-order valence-corrected chi connectivity index (χ3v) is 2.89. The SMILES string of the molecule is CCCOc1nc(N)nc(-c2ccc3ccccc3n2)n1. The van der Waals surface area contributed by atoms with Crippen LogP contribution in [0, 0.1) is 0 Å². The maximum Gasteiger partial charge on any atom is 0.321 e. The number of hydrogen-bond donors (Lipinski definition) is 1. The smallest absolute Gasteiger partial charge is 0.321 e. The average molecular weight is 281 g/mol. The van der Waals surface area contributed by atoms with Crippen LogP contribution in [0.25, 0.3) is 22.4 Å². The summed E-state index contributed by atoms with van der Waals surface area (Å²) < 4.78 is 5.42. The van der Waals surface area contributed by atoms with E-state index in [1.54, 1.807) is 0 Å². The van der Waals surface area contributed by atoms with Crippen molar-refractivity contribution in [3.8, 4) is 17.5 Å². The Morgan fingerprint density at radius 1 is 1.00 bits per heavy atom. The molecule has 0 spiro atoms. The number of benzene rings is 1. The summed E-state index contributed by atoms with van der Waals surface area (Å²) in [5.41, 5.74) is 7.23. The average Bonchev–Trinajstić information content (AvgIpc) is 2.52. The predicted octanol–water partition coefficient (Wildman–Crippen LogP) is 2.46. The summed E-state index contributed by atoms with van der Waals surface area (Å²) in [6.07, 6.45) is 0.870. The van der Waals surface area contributed by atoms with Crippen LogP contribution >= 0.6 is 0 Å². The molecular weight excluding hydrogens is 266 g/mol. The molecule has 0 amide bonds. The summed E-state index contributed by atoms with van der Waals surface area (Å²) in [6, 6.07) is 11.9. The number of fused-ring (bicyclic) bond motifs is 1. The van der Waals surface area contributed by atoms with Gasteiger partial charge >= 0.3 is 6.01 Å². The maximum atomic E-state index is 5.71. The molecule has 0 aliphatic carbocycles. The molecule has 0 radical (unpaired) electrons. The van der Waals surface area contributed by atoms with Gasteiger partial charge in [-0.2, -0.15) is 15.0 Å². The Labute approximate surface area is 122 Å². The van der Waals surface area contributed by atoms with Crippen LogP contribution in [0.5, 0.6) is 6.01 Å². The van der Waals surface area contributed by atoms with E-state index < -0.39 is 0 Å². The first-order valence-electron chi connectivity index (χ1n) is 6.77. The first kappa shape index (κ1) is 13.2. The van der Waals surface area contributed by atoms with Crippen molar-refractivity contribution >= 4 is 16.9 Å². The van der Waals surface area contributed by atoms with Crippen molar-refractivity contribution in [2.24, 2.45) is 0 Å². The van der Waals surface area contributed by atoms with Gasteiger partial charge in [-0.3, -0.25) is 0 Å². The summed E-state index contributed by atoms with van der Waals surface area (Å²) in [6.45, 7) is 2.55. The molecule has 2 N–H and O–H groups in total. The van der Waals surface area contributed by atoms with Crippen LogP contribution in [0.4, 0.5) is 5.95 Å². The molecule has 6 nitrogen and oxygen atoms in total. The second-order valence-electron chi connectivity index (χ2n) is 4.54.